The second-order valence-corrected chi connectivity index (χ2v) is 5.20. The smallest absolute Gasteiger partial charge is 0.332 e. The van der Waals surface area contributed by atoms with Crippen molar-refractivity contribution in [2.24, 2.45) is 0 Å². The summed E-state index contributed by atoms with van der Waals surface area (Å²) < 4.78 is 15.6. The molecule has 0 aliphatic rings. The Labute approximate surface area is 146 Å². The highest BCUT2D eigenvalue weighted by molar-refractivity contribution is 5.95. The molecule has 2 aromatic carbocycles. The molecule has 0 fully saturated rings. The number of carbonyl (C=O) groups excluding carboxylic acids is 2. The summed E-state index contributed by atoms with van der Waals surface area (Å²) in [5, 5.41) is 2.68. The van der Waals surface area contributed by atoms with Crippen molar-refractivity contribution in [1.82, 2.24) is 0 Å². The van der Waals surface area contributed by atoms with E-state index in [1.54, 1.807) is 31.2 Å². The van der Waals surface area contributed by atoms with Crippen LogP contribution in [0.5, 0.6) is 11.5 Å². The number of anilines is 1. The quantitative estimate of drug-likeness (QED) is 0.744. The molecule has 2 rings (SSSR count). The van der Waals surface area contributed by atoms with Crippen LogP contribution in [0.3, 0.4) is 0 Å². The van der Waals surface area contributed by atoms with E-state index in [-0.39, 0.29) is 6.61 Å². The number of nitrogens with one attached hydrogen (secondary N) is 1. The summed E-state index contributed by atoms with van der Waals surface area (Å²) in [7, 11) is 0. The molecule has 0 spiro atoms. The Kier molecular flexibility index (Phi) is 6.98. The van der Waals surface area contributed by atoms with E-state index in [9.17, 15) is 9.59 Å². The SMILES string of the molecule is CCOCC(=O)O[C@H](C)C(=O)Nc1ccc(Oc2ccccc2)cc1. The van der Waals surface area contributed by atoms with Crippen LogP contribution in [0.15, 0.2) is 54.6 Å². The maximum atomic E-state index is 12.0. The van der Waals surface area contributed by atoms with E-state index in [0.29, 0.717) is 18.0 Å². The van der Waals surface area contributed by atoms with E-state index in [4.69, 9.17) is 14.2 Å². The van der Waals surface area contributed by atoms with E-state index in [1.807, 2.05) is 30.3 Å². The van der Waals surface area contributed by atoms with E-state index < -0.39 is 18.0 Å². The molecule has 0 aliphatic carbocycles. The Balaban J connectivity index is 1.85. The highest BCUT2D eigenvalue weighted by atomic mass is 16.6. The van der Waals surface area contributed by atoms with Crippen molar-refractivity contribution in [1.29, 1.82) is 0 Å². The number of amides is 1. The fourth-order valence-electron chi connectivity index (χ4n) is 1.94. The minimum absolute atomic E-state index is 0.167. The first-order chi connectivity index (χ1) is 12.1. The van der Waals surface area contributed by atoms with E-state index in [0.717, 1.165) is 5.75 Å². The molecular formula is C19H21NO5. The average Bonchev–Trinajstić information content (AvgIpc) is 2.62. The van der Waals surface area contributed by atoms with Crippen LogP contribution in [0.1, 0.15) is 13.8 Å². The number of benzene rings is 2. The van der Waals surface area contributed by atoms with Gasteiger partial charge in [-0.15, -0.1) is 0 Å². The normalized spacial score (nSPS) is 11.4. The van der Waals surface area contributed by atoms with E-state index in [2.05, 4.69) is 5.32 Å². The Morgan fingerprint density at radius 3 is 2.28 bits per heavy atom. The predicted octanol–water partition coefficient (Wildman–Crippen LogP) is 3.39. The van der Waals surface area contributed by atoms with Gasteiger partial charge >= 0.3 is 5.97 Å². The molecule has 25 heavy (non-hydrogen) atoms. The summed E-state index contributed by atoms with van der Waals surface area (Å²) in [6.07, 6.45) is -0.909. The van der Waals surface area contributed by atoms with Gasteiger partial charge in [-0.05, 0) is 50.2 Å². The molecule has 0 radical (unpaired) electrons. The van der Waals surface area contributed by atoms with Gasteiger partial charge in [0.05, 0.1) is 0 Å². The first kappa shape index (κ1) is 18.5. The van der Waals surface area contributed by atoms with Crippen LogP contribution in [0.4, 0.5) is 5.69 Å². The Hall–Kier alpha value is -2.86. The van der Waals surface area contributed by atoms with Gasteiger partial charge in [0, 0.05) is 12.3 Å². The van der Waals surface area contributed by atoms with Gasteiger partial charge in [0.2, 0.25) is 0 Å². The zero-order chi connectivity index (χ0) is 18.1. The van der Waals surface area contributed by atoms with Gasteiger partial charge in [0.25, 0.3) is 5.91 Å². The molecule has 0 aliphatic heterocycles. The summed E-state index contributed by atoms with van der Waals surface area (Å²) in [5.41, 5.74) is 0.582. The second-order valence-electron chi connectivity index (χ2n) is 5.20. The Bertz CT molecular complexity index is 685. The molecule has 0 unspecified atom stereocenters. The number of ether oxygens (including phenoxy) is 3. The number of para-hydroxylation sites is 1. The van der Waals surface area contributed by atoms with Crippen LogP contribution in [0.25, 0.3) is 0 Å². The summed E-state index contributed by atoms with van der Waals surface area (Å²) in [6, 6.07) is 16.3. The van der Waals surface area contributed by atoms with E-state index >= 15 is 0 Å². The zero-order valence-electron chi connectivity index (χ0n) is 14.2. The predicted molar refractivity (Wildman–Crippen MR) is 93.6 cm³/mol. The fraction of sp³-hybridized carbons (Fsp3) is 0.263. The van der Waals surface area contributed by atoms with Crippen LogP contribution in [-0.4, -0.2) is 31.2 Å². The number of hydrogen-bond acceptors (Lipinski definition) is 5. The number of hydrogen-bond donors (Lipinski definition) is 1. The maximum absolute atomic E-state index is 12.0. The van der Waals surface area contributed by atoms with Crippen molar-refractivity contribution in [2.45, 2.75) is 20.0 Å². The highest BCUT2D eigenvalue weighted by Gasteiger charge is 2.17. The lowest BCUT2D eigenvalue weighted by atomic mass is 10.2. The fourth-order valence-corrected chi connectivity index (χ4v) is 1.94. The van der Waals surface area contributed by atoms with Crippen LogP contribution >= 0.6 is 0 Å². The minimum atomic E-state index is -0.909. The molecule has 0 saturated carbocycles. The summed E-state index contributed by atoms with van der Waals surface area (Å²) >= 11 is 0. The molecule has 6 nitrogen and oxygen atoms in total. The molecule has 1 atom stereocenters. The first-order valence-electron chi connectivity index (χ1n) is 7.99. The molecule has 2 aromatic rings. The third kappa shape index (κ3) is 6.27. The van der Waals surface area contributed by atoms with Crippen molar-refractivity contribution in [3.05, 3.63) is 54.6 Å². The molecule has 0 saturated heterocycles. The lowest BCUT2D eigenvalue weighted by Crippen LogP contribution is -2.31. The lowest BCUT2D eigenvalue weighted by molar-refractivity contribution is -0.157. The standard InChI is InChI=1S/C19H21NO5/c1-3-23-13-18(21)24-14(2)19(22)20-15-9-11-17(12-10-15)25-16-7-5-4-6-8-16/h4-12,14H,3,13H2,1-2H3,(H,20,22)/t14-/m1/s1. The van der Waals surface area contributed by atoms with E-state index in [1.165, 1.54) is 6.92 Å². The van der Waals surface area contributed by atoms with Crippen LogP contribution in [0.2, 0.25) is 0 Å². The van der Waals surface area contributed by atoms with Crippen molar-refractivity contribution >= 4 is 17.6 Å². The third-order valence-corrected chi connectivity index (χ3v) is 3.20. The molecule has 0 aromatic heterocycles. The van der Waals surface area contributed by atoms with Crippen molar-refractivity contribution in [2.75, 3.05) is 18.5 Å². The maximum Gasteiger partial charge on any atom is 0.332 e. The molecular weight excluding hydrogens is 322 g/mol. The largest absolute Gasteiger partial charge is 0.457 e. The van der Waals surface area contributed by atoms with Gasteiger partial charge in [-0.1, -0.05) is 18.2 Å². The zero-order valence-corrected chi connectivity index (χ0v) is 14.2. The van der Waals surface area contributed by atoms with Crippen molar-refractivity contribution in [3.8, 4) is 11.5 Å². The highest BCUT2D eigenvalue weighted by Crippen LogP contribution is 2.22. The molecule has 1 amide bonds. The van der Waals surface area contributed by atoms with Crippen LogP contribution < -0.4 is 10.1 Å². The summed E-state index contributed by atoms with van der Waals surface area (Å²) in [5.74, 6) is 0.396. The van der Waals surface area contributed by atoms with Gasteiger partial charge in [-0.3, -0.25) is 4.79 Å². The average molecular weight is 343 g/mol. The topological polar surface area (TPSA) is 73.9 Å². The monoisotopic (exact) mass is 343 g/mol. The molecule has 1 N–H and O–H groups in total. The van der Waals surface area contributed by atoms with Crippen LogP contribution in [0, 0.1) is 0 Å². The number of esters is 1. The van der Waals surface area contributed by atoms with Gasteiger partial charge in [-0.25, -0.2) is 4.79 Å². The first-order valence-corrected chi connectivity index (χ1v) is 7.99. The van der Waals surface area contributed by atoms with Gasteiger partial charge in [-0.2, -0.15) is 0 Å². The Morgan fingerprint density at radius 2 is 1.64 bits per heavy atom. The molecule has 0 heterocycles. The molecule has 0 bridgehead atoms. The van der Waals surface area contributed by atoms with Gasteiger partial charge in [0.15, 0.2) is 6.10 Å². The van der Waals surface area contributed by atoms with Crippen molar-refractivity contribution in [3.63, 3.8) is 0 Å². The summed E-state index contributed by atoms with van der Waals surface area (Å²) in [4.78, 5) is 23.5. The number of carbonyl (C=O) groups is 2. The van der Waals surface area contributed by atoms with Gasteiger partial charge < -0.3 is 19.5 Å². The van der Waals surface area contributed by atoms with Crippen LogP contribution in [-0.2, 0) is 19.1 Å². The minimum Gasteiger partial charge on any atom is -0.457 e. The number of rotatable bonds is 8. The Morgan fingerprint density at radius 1 is 1.00 bits per heavy atom. The molecule has 6 heteroatoms. The second kappa shape index (κ2) is 9.44. The van der Waals surface area contributed by atoms with Gasteiger partial charge in [0.1, 0.15) is 18.1 Å². The third-order valence-electron chi connectivity index (χ3n) is 3.20. The molecule has 132 valence electrons. The lowest BCUT2D eigenvalue weighted by Gasteiger charge is -2.14. The summed E-state index contributed by atoms with van der Waals surface area (Å²) in [6.45, 7) is 3.52. The van der Waals surface area contributed by atoms with Crippen molar-refractivity contribution < 1.29 is 23.8 Å².